The van der Waals surface area contributed by atoms with Gasteiger partial charge in [0.2, 0.25) is 0 Å². The molecule has 0 aliphatic rings. The summed E-state index contributed by atoms with van der Waals surface area (Å²) in [6.45, 7) is 4.10. The molecule has 0 aliphatic heterocycles. The van der Waals surface area contributed by atoms with Gasteiger partial charge >= 0.3 is 0 Å². The second-order valence-corrected chi connectivity index (χ2v) is 14.6. The van der Waals surface area contributed by atoms with Gasteiger partial charge in [-0.05, 0) is 30.3 Å². The van der Waals surface area contributed by atoms with Crippen LogP contribution in [0.5, 0.6) is 0 Å². The van der Waals surface area contributed by atoms with Gasteiger partial charge in [0.1, 0.15) is 13.0 Å². The van der Waals surface area contributed by atoms with Gasteiger partial charge in [0.05, 0.1) is 11.0 Å². The molecule has 0 atom stereocenters. The number of aromatic nitrogens is 2. The first-order valence-electron chi connectivity index (χ1n) is 10.1. The zero-order chi connectivity index (χ0) is 22.9. The predicted octanol–water partition coefficient (Wildman–Crippen LogP) is 3.40. The second-order valence-electron chi connectivity index (χ2n) is 8.16. The summed E-state index contributed by atoms with van der Waals surface area (Å²) in [7, 11) is -6.35. The fraction of sp³-hybridized carbons (Fsp3) is 0.130. The van der Waals surface area contributed by atoms with E-state index in [4.69, 9.17) is 5.21 Å². The van der Waals surface area contributed by atoms with Crippen LogP contribution in [0.25, 0.3) is 21.8 Å². The number of nitrogens with one attached hydrogen (secondary N) is 1. The Balaban J connectivity index is 1.94. The maximum atomic E-state index is 14.0. The molecule has 1 amide bonds. The van der Waals surface area contributed by atoms with E-state index in [0.29, 0.717) is 17.1 Å². The van der Waals surface area contributed by atoms with Crippen LogP contribution in [-0.2, 0) is 14.8 Å². The normalized spacial score (nSPS) is 12.6. The highest BCUT2D eigenvalue weighted by Gasteiger charge is 2.33. The minimum Gasteiger partial charge on any atom is -0.288 e. The molecule has 2 aromatic heterocycles. The zero-order valence-electron chi connectivity index (χ0n) is 17.7. The van der Waals surface area contributed by atoms with Gasteiger partial charge in [-0.15, -0.1) is 0 Å². The number of benzene rings is 2. The Hall–Kier alpha value is -3.27. The minimum absolute atomic E-state index is 0.151. The number of hydrogen-bond acceptors (Lipinski definition) is 5. The van der Waals surface area contributed by atoms with Crippen molar-refractivity contribution in [3.05, 3.63) is 79.0 Å². The van der Waals surface area contributed by atoms with Gasteiger partial charge < -0.3 is 0 Å². The summed E-state index contributed by atoms with van der Waals surface area (Å²) in [4.78, 5) is 15.9. The number of pyridine rings is 1. The van der Waals surface area contributed by atoms with Crippen LogP contribution in [0.3, 0.4) is 0 Å². The molecular weight excluding hydrogens is 442 g/mol. The Morgan fingerprint density at radius 2 is 1.81 bits per heavy atom. The predicted molar refractivity (Wildman–Crippen MR) is 127 cm³/mol. The van der Waals surface area contributed by atoms with Crippen LogP contribution in [0.1, 0.15) is 0 Å². The molecule has 2 aromatic carbocycles. The Morgan fingerprint density at radius 1 is 1.09 bits per heavy atom. The summed E-state index contributed by atoms with van der Waals surface area (Å²) in [5.74, 6) is -0.621. The monoisotopic (exact) mass is 465 g/mol. The summed E-state index contributed by atoms with van der Waals surface area (Å²) >= 11 is 0. The number of nitrogens with zero attached hydrogens (tertiary/aromatic N) is 2. The number of carbonyl (C=O) groups excluding carboxylic acids is 1. The summed E-state index contributed by atoms with van der Waals surface area (Å²) in [5, 5.41) is 11.0. The molecule has 4 aromatic rings. The van der Waals surface area contributed by atoms with Gasteiger partial charge in [-0.2, -0.15) is 0 Å². The van der Waals surface area contributed by atoms with Gasteiger partial charge in [0.15, 0.2) is 0 Å². The lowest BCUT2D eigenvalue weighted by Gasteiger charge is -2.24. The smallest absolute Gasteiger partial charge is 0.270 e. The third-order valence-electron chi connectivity index (χ3n) is 5.48. The summed E-state index contributed by atoms with van der Waals surface area (Å²) in [6.07, 6.45) is 4.52. The van der Waals surface area contributed by atoms with Gasteiger partial charge in [0.25, 0.3) is 15.9 Å². The molecule has 0 saturated carbocycles. The molecule has 4 rings (SSSR count). The van der Waals surface area contributed by atoms with Crippen LogP contribution >= 0.6 is 0 Å². The zero-order valence-corrected chi connectivity index (χ0v) is 19.5. The van der Waals surface area contributed by atoms with Crippen molar-refractivity contribution < 1.29 is 18.4 Å². The molecule has 32 heavy (non-hydrogen) atoms. The number of rotatable bonds is 6. The van der Waals surface area contributed by atoms with Crippen LogP contribution in [0.4, 0.5) is 0 Å². The van der Waals surface area contributed by atoms with Crippen molar-refractivity contribution in [2.45, 2.75) is 24.0 Å². The molecule has 0 radical (unpaired) electrons. The van der Waals surface area contributed by atoms with Crippen molar-refractivity contribution in [1.29, 1.82) is 0 Å². The van der Waals surface area contributed by atoms with Crippen molar-refractivity contribution in [2.24, 2.45) is 0 Å². The lowest BCUT2D eigenvalue weighted by atomic mass is 10.2. The lowest BCUT2D eigenvalue weighted by molar-refractivity contribution is -0.124. The molecule has 7 nitrogen and oxygen atoms in total. The van der Waals surface area contributed by atoms with Crippen molar-refractivity contribution in [3.8, 4) is 0 Å². The van der Waals surface area contributed by atoms with Crippen LogP contribution in [-0.4, -0.2) is 36.6 Å². The van der Waals surface area contributed by atoms with Gasteiger partial charge in [-0.1, -0.05) is 55.6 Å². The Bertz CT molecular complexity index is 1450. The summed E-state index contributed by atoms with van der Waals surface area (Å²) in [5.41, 5.74) is 2.60. The van der Waals surface area contributed by atoms with Crippen LogP contribution in [0, 0.1) is 0 Å². The first-order chi connectivity index (χ1) is 15.3. The van der Waals surface area contributed by atoms with E-state index in [1.165, 1.54) is 10.0 Å². The quantitative estimate of drug-likeness (QED) is 0.197. The van der Waals surface area contributed by atoms with Gasteiger partial charge in [-0.3, -0.25) is 15.0 Å². The Kier molecular flexibility index (Phi) is 5.72. The van der Waals surface area contributed by atoms with Gasteiger partial charge in [-0.25, -0.2) is 17.9 Å². The van der Waals surface area contributed by atoms with E-state index in [2.05, 4.69) is 18.1 Å². The molecular formula is C23H23N3O4SSi. The van der Waals surface area contributed by atoms with Crippen molar-refractivity contribution >= 4 is 51.1 Å². The van der Waals surface area contributed by atoms with E-state index in [9.17, 15) is 13.2 Å². The largest absolute Gasteiger partial charge is 0.288 e. The third kappa shape index (κ3) is 3.86. The minimum atomic E-state index is -3.96. The topological polar surface area (TPSA) is 101 Å². The van der Waals surface area contributed by atoms with Crippen LogP contribution < -0.4 is 10.8 Å². The maximum absolute atomic E-state index is 14.0. The average Bonchev–Trinajstić information content (AvgIpc) is 3.20. The molecule has 0 saturated heterocycles. The molecule has 164 valence electrons. The van der Waals surface area contributed by atoms with Crippen molar-refractivity contribution in [2.75, 3.05) is 0 Å². The highest BCUT2D eigenvalue weighted by Crippen LogP contribution is 2.28. The van der Waals surface area contributed by atoms with E-state index < -0.39 is 24.0 Å². The number of amides is 1. The third-order valence-corrected chi connectivity index (χ3v) is 10.4. The molecule has 9 heteroatoms. The fourth-order valence-corrected chi connectivity index (χ4v) is 8.68. The van der Waals surface area contributed by atoms with E-state index in [-0.39, 0.29) is 4.90 Å². The van der Waals surface area contributed by atoms with Crippen molar-refractivity contribution in [3.63, 3.8) is 0 Å². The second kappa shape index (κ2) is 8.34. The SMILES string of the molecule is C[Si](C)(C/C=C/C(=O)NO)c1cc2ccccc2n1S(=O)(=O)c1cccc2cccnc12. The molecule has 0 spiro atoms. The number of hydrogen-bond donors (Lipinski definition) is 2. The lowest BCUT2D eigenvalue weighted by Crippen LogP contribution is -2.47. The molecule has 2 N–H and O–H groups in total. The number of para-hydroxylation sites is 2. The fourth-order valence-electron chi connectivity index (χ4n) is 3.84. The highest BCUT2D eigenvalue weighted by molar-refractivity contribution is 7.90. The van der Waals surface area contributed by atoms with E-state index >= 15 is 0 Å². The Labute approximate surface area is 187 Å². The number of allylic oxidation sites excluding steroid dienone is 1. The molecule has 0 aliphatic carbocycles. The van der Waals surface area contributed by atoms with Crippen LogP contribution in [0.2, 0.25) is 19.1 Å². The highest BCUT2D eigenvalue weighted by atomic mass is 32.2. The Morgan fingerprint density at radius 3 is 2.59 bits per heavy atom. The van der Waals surface area contributed by atoms with E-state index in [1.807, 2.05) is 36.4 Å². The maximum Gasteiger partial charge on any atom is 0.270 e. The number of hydroxylamine groups is 1. The van der Waals surface area contributed by atoms with Crippen molar-refractivity contribution in [1.82, 2.24) is 14.4 Å². The van der Waals surface area contributed by atoms with E-state index in [1.54, 1.807) is 42.0 Å². The average molecular weight is 466 g/mol. The molecule has 0 unspecified atom stereocenters. The first kappa shape index (κ1) is 21.9. The number of fused-ring (bicyclic) bond motifs is 2. The molecule has 0 bridgehead atoms. The number of carbonyl (C=O) groups is 1. The van der Waals surface area contributed by atoms with E-state index in [0.717, 1.165) is 16.1 Å². The first-order valence-corrected chi connectivity index (χ1v) is 14.7. The van der Waals surface area contributed by atoms with Gasteiger partial charge in [0, 0.05) is 28.4 Å². The summed E-state index contributed by atoms with van der Waals surface area (Å²) < 4.78 is 29.5. The summed E-state index contributed by atoms with van der Waals surface area (Å²) in [6, 6.07) is 18.6. The standard InChI is InChI=1S/C23H23N3O4SSi/c1-32(2,15-7-13-21(27)25-28)22-16-18-8-3-4-11-19(18)26(22)31(29,30)20-12-5-9-17-10-6-14-24-23(17)20/h3-14,16,28H,15H2,1-2H3,(H,25,27)/b13-7+. The molecule has 0 fully saturated rings. The van der Waals surface area contributed by atoms with Crippen LogP contribution in [0.15, 0.2) is 83.9 Å². The molecule has 2 heterocycles.